The third-order valence-electron chi connectivity index (χ3n) is 5.06. The Hall–Kier alpha value is -2.35. The van der Waals surface area contributed by atoms with Gasteiger partial charge in [0.25, 0.3) is 5.91 Å². The average Bonchev–Trinajstić information content (AvgIpc) is 2.67. The van der Waals surface area contributed by atoms with E-state index in [0.717, 1.165) is 18.9 Å². The predicted molar refractivity (Wildman–Crippen MR) is 102 cm³/mol. The molecule has 2 atom stereocenters. The van der Waals surface area contributed by atoms with E-state index in [1.54, 1.807) is 4.90 Å². The summed E-state index contributed by atoms with van der Waals surface area (Å²) in [5.74, 6) is -0.127. The molecule has 156 valence electrons. The maximum absolute atomic E-state index is 13.1. The zero-order chi connectivity index (χ0) is 21.0. The summed E-state index contributed by atoms with van der Waals surface area (Å²) in [7, 11) is 0. The fourth-order valence-corrected chi connectivity index (χ4v) is 3.80. The molecular weight excluding hydrogens is 407 g/mol. The number of aryl methyl sites for hydroxylation is 1. The molecular formula is C20H21ClF3N3O2. The Morgan fingerprint density at radius 3 is 2.66 bits per heavy atom. The Morgan fingerprint density at radius 1 is 1.28 bits per heavy atom. The Kier molecular flexibility index (Phi) is 6.62. The largest absolute Gasteiger partial charge is 0.573 e. The monoisotopic (exact) mass is 427 g/mol. The molecule has 1 aliphatic rings. The van der Waals surface area contributed by atoms with Crippen molar-refractivity contribution in [1.29, 1.82) is 0 Å². The number of benzene rings is 1. The molecule has 2 heterocycles. The van der Waals surface area contributed by atoms with Crippen LogP contribution in [-0.2, 0) is 6.42 Å². The normalized spacial score (nSPS) is 19.8. The lowest BCUT2D eigenvalue weighted by Crippen LogP contribution is -2.48. The van der Waals surface area contributed by atoms with Gasteiger partial charge in [0.2, 0.25) is 0 Å². The Balaban J connectivity index is 1.79. The van der Waals surface area contributed by atoms with Gasteiger partial charge in [-0.05, 0) is 37.3 Å². The van der Waals surface area contributed by atoms with Crippen molar-refractivity contribution < 1.29 is 22.7 Å². The lowest BCUT2D eigenvalue weighted by atomic mass is 9.87. The van der Waals surface area contributed by atoms with Gasteiger partial charge in [-0.25, -0.2) is 9.97 Å². The van der Waals surface area contributed by atoms with Gasteiger partial charge in [-0.2, -0.15) is 0 Å². The first kappa shape index (κ1) is 21.4. The number of piperidine rings is 1. The van der Waals surface area contributed by atoms with E-state index in [1.807, 2.05) is 6.92 Å². The van der Waals surface area contributed by atoms with Gasteiger partial charge in [0.1, 0.15) is 11.6 Å². The van der Waals surface area contributed by atoms with E-state index in [9.17, 15) is 18.0 Å². The summed E-state index contributed by atoms with van der Waals surface area (Å²) in [4.78, 5) is 23.2. The number of hydrogen-bond donors (Lipinski definition) is 0. The average molecular weight is 428 g/mol. The van der Waals surface area contributed by atoms with Crippen LogP contribution in [0.15, 0.2) is 36.7 Å². The van der Waals surface area contributed by atoms with Gasteiger partial charge in [-0.15, -0.1) is 13.2 Å². The smallest absolute Gasteiger partial charge is 0.405 e. The number of hydrogen-bond acceptors (Lipinski definition) is 4. The minimum Gasteiger partial charge on any atom is -0.405 e. The van der Waals surface area contributed by atoms with Crippen LogP contribution >= 0.6 is 11.6 Å². The van der Waals surface area contributed by atoms with Gasteiger partial charge < -0.3 is 9.64 Å². The van der Waals surface area contributed by atoms with E-state index in [4.69, 9.17) is 11.6 Å². The number of ether oxygens (including phenoxy) is 1. The van der Waals surface area contributed by atoms with E-state index in [2.05, 4.69) is 14.7 Å². The highest BCUT2D eigenvalue weighted by atomic mass is 35.5. The van der Waals surface area contributed by atoms with E-state index < -0.39 is 18.0 Å². The van der Waals surface area contributed by atoms with Gasteiger partial charge >= 0.3 is 6.36 Å². The van der Waals surface area contributed by atoms with Crippen LogP contribution in [0.4, 0.5) is 13.2 Å². The minimum atomic E-state index is -4.86. The molecule has 5 nitrogen and oxygen atoms in total. The first-order valence-electron chi connectivity index (χ1n) is 9.37. The van der Waals surface area contributed by atoms with Crippen molar-refractivity contribution in [3.63, 3.8) is 0 Å². The molecule has 3 rings (SSSR count). The molecule has 0 spiro atoms. The summed E-state index contributed by atoms with van der Waals surface area (Å²) >= 11 is 5.81. The van der Waals surface area contributed by atoms with Crippen LogP contribution < -0.4 is 4.74 Å². The number of alkyl halides is 3. The van der Waals surface area contributed by atoms with Crippen LogP contribution in [0.1, 0.15) is 42.4 Å². The molecule has 1 fully saturated rings. The molecule has 1 aromatic carbocycles. The maximum atomic E-state index is 13.1. The summed E-state index contributed by atoms with van der Waals surface area (Å²) < 4.78 is 42.3. The van der Waals surface area contributed by atoms with Crippen molar-refractivity contribution in [2.45, 2.75) is 45.0 Å². The standard InChI is InChI=1S/C20H21ClF3N3O2/c1-13-5-4-10-27(16(13)8-9-18-25-11-14(21)12-26-18)19(28)15-6-2-3-7-17(15)29-20(22,23)24/h2-3,6-7,11-13,16H,4-5,8-10H2,1H3/t13-,16-/m1/s1. The third kappa shape index (κ3) is 5.59. The van der Waals surface area contributed by atoms with Crippen molar-refractivity contribution in [3.05, 3.63) is 53.1 Å². The number of likely N-dealkylation sites (tertiary alicyclic amines) is 1. The molecule has 0 N–H and O–H groups in total. The molecule has 2 aromatic rings. The van der Waals surface area contributed by atoms with E-state index in [-0.39, 0.29) is 17.5 Å². The molecule has 1 amide bonds. The van der Waals surface area contributed by atoms with E-state index in [0.29, 0.717) is 30.2 Å². The number of para-hydroxylation sites is 1. The highest BCUT2D eigenvalue weighted by molar-refractivity contribution is 6.30. The molecule has 0 saturated carbocycles. The zero-order valence-electron chi connectivity index (χ0n) is 15.8. The second kappa shape index (κ2) is 8.98. The van der Waals surface area contributed by atoms with Crippen molar-refractivity contribution >= 4 is 17.5 Å². The van der Waals surface area contributed by atoms with Gasteiger partial charge in [-0.3, -0.25) is 4.79 Å². The second-order valence-corrected chi connectivity index (χ2v) is 7.52. The SMILES string of the molecule is C[C@@H]1CCCN(C(=O)c2ccccc2OC(F)(F)F)[C@@H]1CCc1ncc(Cl)cn1. The van der Waals surface area contributed by atoms with Crippen LogP contribution in [0.3, 0.4) is 0 Å². The van der Waals surface area contributed by atoms with Crippen LogP contribution in [0.2, 0.25) is 5.02 Å². The van der Waals surface area contributed by atoms with Gasteiger partial charge in [0.05, 0.1) is 10.6 Å². The second-order valence-electron chi connectivity index (χ2n) is 7.09. The highest BCUT2D eigenvalue weighted by Crippen LogP contribution is 2.32. The Morgan fingerprint density at radius 2 is 1.97 bits per heavy atom. The molecule has 0 radical (unpaired) electrons. The topological polar surface area (TPSA) is 55.3 Å². The predicted octanol–water partition coefficient (Wildman–Crippen LogP) is 4.90. The Bertz CT molecular complexity index is 846. The van der Waals surface area contributed by atoms with Crippen LogP contribution in [0, 0.1) is 5.92 Å². The summed E-state index contributed by atoms with van der Waals surface area (Å²) in [6, 6.07) is 5.33. The fraction of sp³-hybridized carbons (Fsp3) is 0.450. The molecule has 0 bridgehead atoms. The summed E-state index contributed by atoms with van der Waals surface area (Å²) in [5.41, 5.74) is -0.0910. The highest BCUT2D eigenvalue weighted by Gasteiger charge is 2.36. The molecule has 1 aliphatic heterocycles. The molecule has 9 heteroatoms. The summed E-state index contributed by atoms with van der Waals surface area (Å²) in [6.45, 7) is 2.53. The number of aromatic nitrogens is 2. The lowest BCUT2D eigenvalue weighted by molar-refractivity contribution is -0.274. The van der Waals surface area contributed by atoms with E-state index in [1.165, 1.54) is 30.6 Å². The zero-order valence-corrected chi connectivity index (χ0v) is 16.6. The number of carbonyl (C=O) groups is 1. The summed E-state index contributed by atoms with van der Waals surface area (Å²) in [6.07, 6.45) is 1.05. The minimum absolute atomic E-state index is 0.0910. The van der Waals surface area contributed by atoms with E-state index >= 15 is 0 Å². The van der Waals surface area contributed by atoms with Crippen molar-refractivity contribution in [1.82, 2.24) is 14.9 Å². The van der Waals surface area contributed by atoms with Crippen LogP contribution in [0.25, 0.3) is 0 Å². The van der Waals surface area contributed by atoms with Gasteiger partial charge in [-0.1, -0.05) is 30.7 Å². The van der Waals surface area contributed by atoms with Crippen molar-refractivity contribution in [2.75, 3.05) is 6.54 Å². The quantitative estimate of drug-likeness (QED) is 0.681. The maximum Gasteiger partial charge on any atom is 0.573 e. The first-order valence-corrected chi connectivity index (χ1v) is 9.74. The Labute approximate surface area is 171 Å². The third-order valence-corrected chi connectivity index (χ3v) is 5.25. The molecule has 1 saturated heterocycles. The van der Waals surface area contributed by atoms with Crippen LogP contribution in [0.5, 0.6) is 5.75 Å². The molecule has 0 aliphatic carbocycles. The fourth-order valence-electron chi connectivity index (χ4n) is 3.70. The lowest BCUT2D eigenvalue weighted by Gasteiger charge is -2.40. The summed E-state index contributed by atoms with van der Waals surface area (Å²) in [5, 5.41) is 0.442. The number of rotatable bonds is 5. The molecule has 29 heavy (non-hydrogen) atoms. The number of nitrogens with zero attached hydrogens (tertiary/aromatic N) is 3. The molecule has 0 unspecified atom stereocenters. The molecule has 1 aromatic heterocycles. The number of amides is 1. The van der Waals surface area contributed by atoms with Crippen molar-refractivity contribution in [3.8, 4) is 5.75 Å². The van der Waals surface area contributed by atoms with Crippen LogP contribution in [-0.4, -0.2) is 39.7 Å². The van der Waals surface area contributed by atoms with Gasteiger partial charge in [0, 0.05) is 31.4 Å². The first-order chi connectivity index (χ1) is 13.7. The van der Waals surface area contributed by atoms with Crippen molar-refractivity contribution in [2.24, 2.45) is 5.92 Å². The number of halogens is 4. The number of carbonyl (C=O) groups excluding carboxylic acids is 1. The van der Waals surface area contributed by atoms with Gasteiger partial charge in [0.15, 0.2) is 0 Å².